The van der Waals surface area contributed by atoms with E-state index in [-0.39, 0.29) is 0 Å². The first-order valence-electron chi connectivity index (χ1n) is 9.06. The summed E-state index contributed by atoms with van der Waals surface area (Å²) in [7, 11) is 1.70. The van der Waals surface area contributed by atoms with Crippen LogP contribution < -0.4 is 20.3 Å². The second-order valence-corrected chi connectivity index (χ2v) is 7.36. The van der Waals surface area contributed by atoms with Gasteiger partial charge < -0.3 is 20.3 Å². The van der Waals surface area contributed by atoms with Crippen LogP contribution in [-0.2, 0) is 0 Å². The summed E-state index contributed by atoms with van der Waals surface area (Å²) in [5.74, 6) is 1.49. The van der Waals surface area contributed by atoms with E-state index in [0.29, 0.717) is 11.0 Å². The Morgan fingerprint density at radius 3 is 2.65 bits per heavy atom. The first-order chi connectivity index (χ1) is 12.5. The van der Waals surface area contributed by atoms with E-state index in [1.807, 2.05) is 12.1 Å². The number of aryl methyl sites for hydroxylation is 2. The first kappa shape index (κ1) is 18.5. The minimum Gasteiger partial charge on any atom is -0.497 e. The maximum absolute atomic E-state index is 5.46. The summed E-state index contributed by atoms with van der Waals surface area (Å²) in [6.07, 6.45) is 1.17. The van der Waals surface area contributed by atoms with Crippen LogP contribution >= 0.6 is 12.2 Å². The van der Waals surface area contributed by atoms with E-state index in [1.54, 1.807) is 7.11 Å². The van der Waals surface area contributed by atoms with Crippen molar-refractivity contribution in [2.75, 3.05) is 37.0 Å². The normalized spacial score (nSPS) is 16.4. The van der Waals surface area contributed by atoms with Crippen LogP contribution in [0.4, 0.5) is 11.4 Å². The molecule has 1 atom stereocenters. The van der Waals surface area contributed by atoms with Crippen LogP contribution in [0.2, 0.25) is 0 Å². The number of benzene rings is 2. The maximum Gasteiger partial charge on any atom is 0.170 e. The molecule has 2 aromatic rings. The van der Waals surface area contributed by atoms with Gasteiger partial charge in [0.25, 0.3) is 0 Å². The summed E-state index contributed by atoms with van der Waals surface area (Å²) in [5, 5.41) is 7.38. The topological polar surface area (TPSA) is 36.5 Å². The van der Waals surface area contributed by atoms with Gasteiger partial charge >= 0.3 is 0 Å². The van der Waals surface area contributed by atoms with Crippen molar-refractivity contribution in [3.8, 4) is 5.75 Å². The fourth-order valence-electron chi connectivity index (χ4n) is 3.38. The zero-order valence-electron chi connectivity index (χ0n) is 15.7. The third-order valence-electron chi connectivity index (χ3n) is 4.90. The molecule has 2 N–H and O–H groups in total. The van der Waals surface area contributed by atoms with Crippen LogP contribution in [0.15, 0.2) is 42.5 Å². The van der Waals surface area contributed by atoms with Crippen molar-refractivity contribution in [2.45, 2.75) is 20.3 Å². The Labute approximate surface area is 161 Å². The molecule has 1 heterocycles. The molecule has 1 aliphatic heterocycles. The highest BCUT2D eigenvalue weighted by molar-refractivity contribution is 7.80. The van der Waals surface area contributed by atoms with Crippen LogP contribution in [0, 0.1) is 19.8 Å². The number of rotatable bonds is 5. The van der Waals surface area contributed by atoms with E-state index in [4.69, 9.17) is 17.0 Å². The molecule has 1 saturated heterocycles. The molecule has 0 aromatic heterocycles. The highest BCUT2D eigenvalue weighted by Gasteiger charge is 2.22. The van der Waals surface area contributed by atoms with Crippen molar-refractivity contribution in [2.24, 2.45) is 5.92 Å². The molecule has 1 aliphatic rings. The molecule has 26 heavy (non-hydrogen) atoms. The number of methoxy groups -OCH3 is 1. The quantitative estimate of drug-likeness (QED) is 0.775. The number of ether oxygens (including phenoxy) is 1. The van der Waals surface area contributed by atoms with Crippen LogP contribution in [0.25, 0.3) is 0 Å². The molecule has 0 spiro atoms. The van der Waals surface area contributed by atoms with E-state index in [1.165, 1.54) is 23.2 Å². The van der Waals surface area contributed by atoms with Gasteiger partial charge in [-0.25, -0.2) is 0 Å². The third kappa shape index (κ3) is 4.67. The summed E-state index contributed by atoms with van der Waals surface area (Å²) in [4.78, 5) is 2.42. The van der Waals surface area contributed by atoms with Gasteiger partial charge in [-0.3, -0.25) is 0 Å². The Morgan fingerprint density at radius 1 is 1.19 bits per heavy atom. The molecular weight excluding hydrogens is 342 g/mol. The average Bonchev–Trinajstić information content (AvgIpc) is 3.11. The largest absolute Gasteiger partial charge is 0.497 e. The first-order valence-corrected chi connectivity index (χ1v) is 9.47. The van der Waals surface area contributed by atoms with E-state index >= 15 is 0 Å². The molecule has 138 valence electrons. The average molecular weight is 370 g/mol. The molecule has 3 rings (SSSR count). The third-order valence-corrected chi connectivity index (χ3v) is 5.15. The fraction of sp³-hybridized carbons (Fsp3) is 0.381. The van der Waals surface area contributed by atoms with Crippen molar-refractivity contribution in [3.63, 3.8) is 0 Å². The standard InChI is InChI=1S/C21H27N3OS/c1-15-4-9-20(16(2)12-15)23-21(26)22-13-17-10-11-24(14-17)18-5-7-19(25-3)8-6-18/h4-9,12,17H,10-11,13-14H2,1-3H3,(H2,22,23,26)/t17-/m0/s1. The van der Waals surface area contributed by atoms with Crippen molar-refractivity contribution in [3.05, 3.63) is 53.6 Å². The molecule has 0 unspecified atom stereocenters. The van der Waals surface area contributed by atoms with Crippen molar-refractivity contribution < 1.29 is 4.74 Å². The summed E-state index contributed by atoms with van der Waals surface area (Å²) in [6, 6.07) is 14.6. The van der Waals surface area contributed by atoms with Gasteiger partial charge in [0, 0.05) is 31.0 Å². The van der Waals surface area contributed by atoms with E-state index < -0.39 is 0 Å². The van der Waals surface area contributed by atoms with E-state index in [0.717, 1.165) is 31.1 Å². The number of nitrogens with zero attached hydrogens (tertiary/aromatic N) is 1. The number of anilines is 2. The highest BCUT2D eigenvalue weighted by atomic mass is 32.1. The minimum atomic E-state index is 0.593. The number of hydrogen-bond acceptors (Lipinski definition) is 3. The molecule has 0 bridgehead atoms. The summed E-state index contributed by atoms with van der Waals surface area (Å²) in [6.45, 7) is 7.22. The maximum atomic E-state index is 5.46. The number of nitrogens with one attached hydrogen (secondary N) is 2. The molecule has 0 radical (unpaired) electrons. The van der Waals surface area contributed by atoms with Gasteiger partial charge in [0.2, 0.25) is 0 Å². The predicted octanol–water partition coefficient (Wildman–Crippen LogP) is 4.12. The van der Waals surface area contributed by atoms with Crippen molar-refractivity contribution in [1.82, 2.24) is 5.32 Å². The summed E-state index contributed by atoms with van der Waals surface area (Å²) < 4.78 is 5.23. The van der Waals surface area contributed by atoms with Crippen LogP contribution in [-0.4, -0.2) is 31.9 Å². The van der Waals surface area contributed by atoms with Gasteiger partial charge in [0.05, 0.1) is 7.11 Å². The molecular formula is C21H27N3OS. The highest BCUT2D eigenvalue weighted by Crippen LogP contribution is 2.25. The lowest BCUT2D eigenvalue weighted by Crippen LogP contribution is -2.34. The molecule has 0 amide bonds. The zero-order chi connectivity index (χ0) is 18.5. The Kier molecular flexibility index (Phi) is 5.99. The Bertz CT molecular complexity index is 760. The van der Waals surface area contributed by atoms with Gasteiger partial charge in [-0.1, -0.05) is 17.7 Å². The monoisotopic (exact) mass is 369 g/mol. The zero-order valence-corrected chi connectivity index (χ0v) is 16.5. The van der Waals surface area contributed by atoms with E-state index in [2.05, 4.69) is 59.7 Å². The minimum absolute atomic E-state index is 0.593. The van der Waals surface area contributed by atoms with Crippen LogP contribution in [0.3, 0.4) is 0 Å². The molecule has 0 aliphatic carbocycles. The Hall–Kier alpha value is -2.27. The van der Waals surface area contributed by atoms with Crippen LogP contribution in [0.5, 0.6) is 5.75 Å². The molecule has 0 saturated carbocycles. The molecule has 4 nitrogen and oxygen atoms in total. The molecule has 2 aromatic carbocycles. The molecule has 1 fully saturated rings. The summed E-state index contributed by atoms with van der Waals surface area (Å²) >= 11 is 5.46. The molecule has 5 heteroatoms. The van der Waals surface area contributed by atoms with Gasteiger partial charge in [0.15, 0.2) is 5.11 Å². The predicted molar refractivity (Wildman–Crippen MR) is 113 cm³/mol. The number of thiocarbonyl (C=S) groups is 1. The van der Waals surface area contributed by atoms with Gasteiger partial charge in [-0.2, -0.15) is 0 Å². The van der Waals surface area contributed by atoms with Crippen molar-refractivity contribution in [1.29, 1.82) is 0 Å². The van der Waals surface area contributed by atoms with Gasteiger partial charge in [-0.05, 0) is 74.3 Å². The lowest BCUT2D eigenvalue weighted by Gasteiger charge is -2.20. The van der Waals surface area contributed by atoms with E-state index in [9.17, 15) is 0 Å². The lowest BCUT2D eigenvalue weighted by molar-refractivity contribution is 0.415. The van der Waals surface area contributed by atoms with Crippen molar-refractivity contribution >= 4 is 28.7 Å². The van der Waals surface area contributed by atoms with Crippen LogP contribution in [0.1, 0.15) is 17.5 Å². The Balaban J connectivity index is 1.47. The summed E-state index contributed by atoms with van der Waals surface area (Å²) in [5.41, 5.74) is 4.79. The van der Waals surface area contributed by atoms with Gasteiger partial charge in [-0.15, -0.1) is 0 Å². The second-order valence-electron chi connectivity index (χ2n) is 6.95. The Morgan fingerprint density at radius 2 is 1.96 bits per heavy atom. The number of hydrogen-bond donors (Lipinski definition) is 2. The SMILES string of the molecule is COc1ccc(N2CC[C@@H](CNC(=S)Nc3ccc(C)cc3C)C2)cc1. The smallest absolute Gasteiger partial charge is 0.170 e. The fourth-order valence-corrected chi connectivity index (χ4v) is 3.58. The second kappa shape index (κ2) is 8.41. The lowest BCUT2D eigenvalue weighted by atomic mass is 10.1. The van der Waals surface area contributed by atoms with Gasteiger partial charge in [0.1, 0.15) is 5.75 Å².